The van der Waals surface area contributed by atoms with Crippen LogP contribution in [0.15, 0.2) is 24.3 Å². The van der Waals surface area contributed by atoms with Crippen molar-refractivity contribution in [3.05, 3.63) is 35.4 Å². The summed E-state index contributed by atoms with van der Waals surface area (Å²) in [6, 6.07) is 8.71. The van der Waals surface area contributed by atoms with Crippen LogP contribution in [0.2, 0.25) is 0 Å². The maximum atomic E-state index is 7.81. The van der Waals surface area contributed by atoms with Gasteiger partial charge in [-0.05, 0) is 24.0 Å². The van der Waals surface area contributed by atoms with Gasteiger partial charge in [0.25, 0.3) is 0 Å². The summed E-state index contributed by atoms with van der Waals surface area (Å²) in [5.74, 6) is 1.53. The van der Waals surface area contributed by atoms with Crippen LogP contribution >= 0.6 is 0 Å². The quantitative estimate of drug-likeness (QED) is 0.779. The number of likely N-dealkylation sites (tertiary alicyclic amines) is 1. The van der Waals surface area contributed by atoms with Crippen molar-refractivity contribution in [1.29, 1.82) is 5.41 Å². The molecule has 1 aromatic carbocycles. The molecule has 1 aromatic rings. The molecule has 0 radical (unpaired) electrons. The van der Waals surface area contributed by atoms with E-state index in [9.17, 15) is 0 Å². The summed E-state index contributed by atoms with van der Waals surface area (Å²) in [6.07, 6.45) is 3.36. The van der Waals surface area contributed by atoms with Gasteiger partial charge < -0.3 is 4.90 Å². The van der Waals surface area contributed by atoms with Crippen LogP contribution in [0, 0.1) is 5.41 Å². The van der Waals surface area contributed by atoms with Gasteiger partial charge in [-0.2, -0.15) is 0 Å². The molecule has 15 heavy (non-hydrogen) atoms. The van der Waals surface area contributed by atoms with Crippen LogP contribution in [0.1, 0.15) is 29.9 Å². The molecule has 1 unspecified atom stereocenters. The van der Waals surface area contributed by atoms with Crippen molar-refractivity contribution in [3.63, 3.8) is 0 Å². The molecule has 0 saturated carbocycles. The predicted octanol–water partition coefficient (Wildman–Crippen LogP) is 2.40. The van der Waals surface area contributed by atoms with Crippen molar-refractivity contribution in [2.45, 2.75) is 25.2 Å². The highest BCUT2D eigenvalue weighted by molar-refractivity contribution is 5.81. The molecule has 0 bridgehead atoms. The van der Waals surface area contributed by atoms with Crippen LogP contribution in [0.4, 0.5) is 0 Å². The van der Waals surface area contributed by atoms with Gasteiger partial charge in [0.2, 0.25) is 0 Å². The fourth-order valence-electron chi connectivity index (χ4n) is 2.72. The summed E-state index contributed by atoms with van der Waals surface area (Å²) in [5, 5.41) is 7.81. The zero-order valence-corrected chi connectivity index (χ0v) is 8.87. The molecule has 2 heteroatoms. The first-order chi connectivity index (χ1) is 7.34. The summed E-state index contributed by atoms with van der Waals surface area (Å²) in [6.45, 7) is 2.16. The second-order valence-electron chi connectivity index (χ2n) is 4.60. The molecule has 1 atom stereocenters. The molecule has 1 N–H and O–H groups in total. The summed E-state index contributed by atoms with van der Waals surface area (Å²) < 4.78 is 0. The zero-order valence-electron chi connectivity index (χ0n) is 8.87. The number of hydrogen-bond donors (Lipinski definition) is 1. The van der Waals surface area contributed by atoms with E-state index < -0.39 is 0 Å². The van der Waals surface area contributed by atoms with Gasteiger partial charge in [0.1, 0.15) is 0 Å². The SMILES string of the molecule is N=C1CCCN1CC1Cc2ccccc21. The summed E-state index contributed by atoms with van der Waals surface area (Å²) in [7, 11) is 0. The fraction of sp³-hybridized carbons (Fsp3) is 0.462. The lowest BCUT2D eigenvalue weighted by Crippen LogP contribution is -2.33. The Morgan fingerprint density at radius 1 is 1.33 bits per heavy atom. The molecule has 2 aliphatic rings. The third-order valence-electron chi connectivity index (χ3n) is 3.63. The van der Waals surface area contributed by atoms with Crippen molar-refractivity contribution < 1.29 is 0 Å². The normalized spacial score (nSPS) is 23.9. The standard InChI is InChI=1S/C13H16N2/c14-13-6-3-7-15(13)9-11-8-10-4-1-2-5-12(10)11/h1-2,4-5,11,14H,3,6-9H2. The van der Waals surface area contributed by atoms with Crippen LogP contribution < -0.4 is 0 Å². The average molecular weight is 200 g/mol. The second-order valence-corrected chi connectivity index (χ2v) is 4.60. The molecule has 1 fully saturated rings. The first-order valence-electron chi connectivity index (χ1n) is 5.75. The van der Waals surface area contributed by atoms with E-state index >= 15 is 0 Å². The Bertz CT molecular complexity index is 397. The highest BCUT2D eigenvalue weighted by Crippen LogP contribution is 2.35. The van der Waals surface area contributed by atoms with Gasteiger partial charge >= 0.3 is 0 Å². The van der Waals surface area contributed by atoms with E-state index in [0.29, 0.717) is 5.92 Å². The average Bonchev–Trinajstić information content (AvgIpc) is 2.61. The Labute approximate surface area is 90.4 Å². The van der Waals surface area contributed by atoms with E-state index in [1.807, 2.05) is 0 Å². The topological polar surface area (TPSA) is 27.1 Å². The van der Waals surface area contributed by atoms with Crippen LogP contribution in [-0.2, 0) is 6.42 Å². The number of nitrogens with zero attached hydrogens (tertiary/aromatic N) is 1. The van der Waals surface area contributed by atoms with Gasteiger partial charge in [-0.25, -0.2) is 0 Å². The Kier molecular flexibility index (Phi) is 2.01. The van der Waals surface area contributed by atoms with E-state index in [4.69, 9.17) is 5.41 Å². The minimum atomic E-state index is 0.680. The van der Waals surface area contributed by atoms with Gasteiger partial charge in [-0.3, -0.25) is 5.41 Å². The summed E-state index contributed by atoms with van der Waals surface area (Å²) >= 11 is 0. The van der Waals surface area contributed by atoms with Crippen LogP contribution in [-0.4, -0.2) is 23.8 Å². The molecular weight excluding hydrogens is 184 g/mol. The van der Waals surface area contributed by atoms with Crippen LogP contribution in [0.5, 0.6) is 0 Å². The number of nitrogens with one attached hydrogen (secondary N) is 1. The number of amidine groups is 1. The van der Waals surface area contributed by atoms with Gasteiger partial charge in [0.05, 0.1) is 5.84 Å². The molecule has 1 aliphatic heterocycles. The third kappa shape index (κ3) is 1.44. The molecule has 2 nitrogen and oxygen atoms in total. The molecule has 3 rings (SSSR count). The Hall–Kier alpha value is -1.31. The Morgan fingerprint density at radius 3 is 2.93 bits per heavy atom. The Morgan fingerprint density at radius 2 is 2.20 bits per heavy atom. The van der Waals surface area contributed by atoms with Gasteiger partial charge in [-0.15, -0.1) is 0 Å². The van der Waals surface area contributed by atoms with E-state index in [-0.39, 0.29) is 0 Å². The van der Waals surface area contributed by atoms with Crippen molar-refractivity contribution in [2.75, 3.05) is 13.1 Å². The molecule has 1 heterocycles. The van der Waals surface area contributed by atoms with E-state index in [1.165, 1.54) is 24.0 Å². The molecule has 0 amide bonds. The largest absolute Gasteiger partial charge is 0.360 e. The molecule has 1 aliphatic carbocycles. The number of rotatable bonds is 2. The lowest BCUT2D eigenvalue weighted by Gasteiger charge is -2.33. The van der Waals surface area contributed by atoms with Crippen molar-refractivity contribution in [2.24, 2.45) is 0 Å². The van der Waals surface area contributed by atoms with Gasteiger partial charge in [-0.1, -0.05) is 24.3 Å². The molecular formula is C13H16N2. The van der Waals surface area contributed by atoms with Gasteiger partial charge in [0, 0.05) is 25.4 Å². The van der Waals surface area contributed by atoms with Crippen molar-refractivity contribution in [3.8, 4) is 0 Å². The maximum absolute atomic E-state index is 7.81. The summed E-state index contributed by atoms with van der Waals surface area (Å²) in [5.41, 5.74) is 3.02. The minimum absolute atomic E-state index is 0.680. The predicted molar refractivity (Wildman–Crippen MR) is 61.4 cm³/mol. The minimum Gasteiger partial charge on any atom is -0.360 e. The third-order valence-corrected chi connectivity index (χ3v) is 3.63. The first-order valence-corrected chi connectivity index (χ1v) is 5.75. The van der Waals surface area contributed by atoms with E-state index in [1.54, 1.807) is 0 Å². The highest BCUT2D eigenvalue weighted by atomic mass is 15.2. The van der Waals surface area contributed by atoms with Gasteiger partial charge in [0.15, 0.2) is 0 Å². The van der Waals surface area contributed by atoms with E-state index in [2.05, 4.69) is 29.2 Å². The molecule has 78 valence electrons. The molecule has 1 saturated heterocycles. The first kappa shape index (κ1) is 8.96. The lowest BCUT2D eigenvalue weighted by molar-refractivity contribution is 0.389. The molecule has 0 aromatic heterocycles. The lowest BCUT2D eigenvalue weighted by atomic mass is 9.77. The Balaban J connectivity index is 1.70. The fourth-order valence-corrected chi connectivity index (χ4v) is 2.72. The second kappa shape index (κ2) is 3.37. The number of hydrogen-bond acceptors (Lipinski definition) is 1. The van der Waals surface area contributed by atoms with Crippen molar-refractivity contribution in [1.82, 2.24) is 4.90 Å². The zero-order chi connectivity index (χ0) is 10.3. The van der Waals surface area contributed by atoms with Crippen molar-refractivity contribution >= 4 is 5.84 Å². The highest BCUT2D eigenvalue weighted by Gasteiger charge is 2.29. The van der Waals surface area contributed by atoms with Crippen LogP contribution in [0.25, 0.3) is 0 Å². The number of benzene rings is 1. The van der Waals surface area contributed by atoms with Crippen LogP contribution in [0.3, 0.4) is 0 Å². The van der Waals surface area contributed by atoms with E-state index in [0.717, 1.165) is 25.3 Å². The smallest absolute Gasteiger partial charge is 0.0958 e. The molecule has 0 spiro atoms. The summed E-state index contributed by atoms with van der Waals surface area (Å²) in [4.78, 5) is 2.25. The monoisotopic (exact) mass is 200 g/mol. The maximum Gasteiger partial charge on any atom is 0.0958 e. The number of fused-ring (bicyclic) bond motifs is 1.